The molecule has 1 unspecified atom stereocenters. The number of hydrogen-bond donors (Lipinski definition) is 3. The summed E-state index contributed by atoms with van der Waals surface area (Å²) in [5, 5.41) is 11.6. The Balaban J connectivity index is 4.73. The molecule has 0 radical (unpaired) electrons. The van der Waals surface area contributed by atoms with Crippen molar-refractivity contribution in [3.8, 4) is 0 Å². The molecular formula is C14H27N3O4. The van der Waals surface area contributed by atoms with Crippen LogP contribution >= 0.6 is 0 Å². The van der Waals surface area contributed by atoms with Crippen LogP contribution < -0.4 is 11.1 Å². The fourth-order valence-corrected chi connectivity index (χ4v) is 1.85. The topological polar surface area (TPSA) is 113 Å². The van der Waals surface area contributed by atoms with Crippen molar-refractivity contribution in [1.82, 2.24) is 10.2 Å². The summed E-state index contributed by atoms with van der Waals surface area (Å²) in [6, 6.07) is -1.48. The van der Waals surface area contributed by atoms with Crippen LogP contribution in [-0.4, -0.2) is 46.5 Å². The number of nitrogens with one attached hydrogen (secondary N) is 1. The molecule has 21 heavy (non-hydrogen) atoms. The second kappa shape index (κ2) is 10.0. The smallest absolute Gasteiger partial charge is 0.326 e. The lowest BCUT2D eigenvalue weighted by atomic mass is 10.1. The summed E-state index contributed by atoms with van der Waals surface area (Å²) in [6.07, 6.45) is 2.52. The molecule has 2 atom stereocenters. The molecule has 0 bridgehead atoms. The highest BCUT2D eigenvalue weighted by Gasteiger charge is 2.25. The molecule has 0 saturated carbocycles. The Hall–Kier alpha value is -1.79. The van der Waals surface area contributed by atoms with Gasteiger partial charge in [0.25, 0.3) is 0 Å². The molecule has 0 heterocycles. The first-order valence-electron chi connectivity index (χ1n) is 7.41. The number of urea groups is 1. The molecule has 0 rings (SSSR count). The van der Waals surface area contributed by atoms with Gasteiger partial charge in [-0.1, -0.05) is 20.3 Å². The molecule has 0 aromatic heterocycles. The summed E-state index contributed by atoms with van der Waals surface area (Å²) >= 11 is 0. The lowest BCUT2D eigenvalue weighted by Crippen LogP contribution is -2.51. The molecule has 7 heteroatoms. The third kappa shape index (κ3) is 7.53. The fourth-order valence-electron chi connectivity index (χ4n) is 1.85. The number of primary amides is 1. The van der Waals surface area contributed by atoms with Crippen molar-refractivity contribution < 1.29 is 19.5 Å². The van der Waals surface area contributed by atoms with Gasteiger partial charge >= 0.3 is 12.0 Å². The van der Waals surface area contributed by atoms with Crippen LogP contribution in [0.5, 0.6) is 0 Å². The molecule has 3 amide bonds. The van der Waals surface area contributed by atoms with Gasteiger partial charge in [-0.05, 0) is 26.2 Å². The van der Waals surface area contributed by atoms with Gasteiger partial charge in [0.15, 0.2) is 0 Å². The average molecular weight is 301 g/mol. The predicted octanol–water partition coefficient (Wildman–Crippen LogP) is 1.32. The number of amides is 3. The summed E-state index contributed by atoms with van der Waals surface area (Å²) in [5.74, 6) is -1.75. The van der Waals surface area contributed by atoms with Crippen LogP contribution in [0.2, 0.25) is 0 Å². The molecule has 0 aromatic rings. The van der Waals surface area contributed by atoms with E-state index in [9.17, 15) is 14.4 Å². The Morgan fingerprint density at radius 1 is 1.29 bits per heavy atom. The number of aliphatic carboxylic acids is 1. The Bertz CT molecular complexity index is 360. The van der Waals surface area contributed by atoms with Crippen LogP contribution in [0.25, 0.3) is 0 Å². The first kappa shape index (κ1) is 19.2. The van der Waals surface area contributed by atoms with Gasteiger partial charge in [-0.15, -0.1) is 0 Å². The number of carboxylic acid groups (broad SMARTS) is 1. The fraction of sp³-hybridized carbons (Fsp3) is 0.786. The van der Waals surface area contributed by atoms with Gasteiger partial charge in [0, 0.05) is 19.0 Å². The quantitative estimate of drug-likeness (QED) is 0.564. The van der Waals surface area contributed by atoms with Crippen molar-refractivity contribution in [2.24, 2.45) is 5.73 Å². The maximum atomic E-state index is 12.2. The second-order valence-electron chi connectivity index (χ2n) is 5.15. The molecule has 0 saturated heterocycles. The number of hydrogen-bond acceptors (Lipinski definition) is 3. The molecule has 0 aliphatic heterocycles. The summed E-state index contributed by atoms with van der Waals surface area (Å²) in [4.78, 5) is 35.8. The van der Waals surface area contributed by atoms with Crippen molar-refractivity contribution in [3.05, 3.63) is 0 Å². The molecule has 0 aliphatic rings. The second-order valence-corrected chi connectivity index (χ2v) is 5.15. The molecule has 122 valence electrons. The number of carbonyl (C=O) groups excluding carboxylic acids is 2. The van der Waals surface area contributed by atoms with Gasteiger partial charge in [-0.25, -0.2) is 9.59 Å². The van der Waals surface area contributed by atoms with Crippen molar-refractivity contribution in [3.63, 3.8) is 0 Å². The lowest BCUT2D eigenvalue weighted by molar-refractivity contribution is -0.139. The van der Waals surface area contributed by atoms with Gasteiger partial charge in [-0.2, -0.15) is 0 Å². The first-order chi connectivity index (χ1) is 9.83. The summed E-state index contributed by atoms with van der Waals surface area (Å²) in [7, 11) is 0. The Kier molecular flexibility index (Phi) is 9.16. The molecule has 4 N–H and O–H groups in total. The van der Waals surface area contributed by atoms with Gasteiger partial charge in [0.1, 0.15) is 6.04 Å². The van der Waals surface area contributed by atoms with Crippen LogP contribution in [0.15, 0.2) is 0 Å². The van der Waals surface area contributed by atoms with Crippen LogP contribution in [0.3, 0.4) is 0 Å². The van der Waals surface area contributed by atoms with Crippen molar-refractivity contribution in [2.45, 2.75) is 65.0 Å². The predicted molar refractivity (Wildman–Crippen MR) is 79.8 cm³/mol. The van der Waals surface area contributed by atoms with Gasteiger partial charge in [0.2, 0.25) is 5.91 Å². The van der Waals surface area contributed by atoms with Crippen LogP contribution in [0, 0.1) is 0 Å². The Morgan fingerprint density at radius 3 is 2.33 bits per heavy atom. The van der Waals surface area contributed by atoms with Crippen molar-refractivity contribution in [2.75, 3.05) is 6.54 Å². The first-order valence-corrected chi connectivity index (χ1v) is 7.41. The third-order valence-electron chi connectivity index (χ3n) is 3.41. The van der Waals surface area contributed by atoms with Gasteiger partial charge < -0.3 is 21.1 Å². The zero-order valence-corrected chi connectivity index (χ0v) is 13.1. The minimum absolute atomic E-state index is 0.00146. The van der Waals surface area contributed by atoms with Gasteiger partial charge in [0.05, 0.1) is 0 Å². The molecular weight excluding hydrogens is 274 g/mol. The number of carboxylic acids is 1. The maximum absolute atomic E-state index is 12.2. The zero-order valence-electron chi connectivity index (χ0n) is 13.1. The molecule has 0 aromatic carbocycles. The largest absolute Gasteiger partial charge is 0.480 e. The number of carbonyl (C=O) groups is 3. The maximum Gasteiger partial charge on any atom is 0.326 e. The third-order valence-corrected chi connectivity index (χ3v) is 3.41. The van der Waals surface area contributed by atoms with Crippen molar-refractivity contribution >= 4 is 17.9 Å². The Morgan fingerprint density at radius 2 is 1.90 bits per heavy atom. The van der Waals surface area contributed by atoms with E-state index in [4.69, 9.17) is 10.8 Å². The molecule has 7 nitrogen and oxygen atoms in total. The normalized spacial score (nSPS) is 13.3. The van der Waals surface area contributed by atoms with E-state index in [1.54, 1.807) is 4.90 Å². The number of unbranched alkanes of at least 4 members (excludes halogenated alkanes) is 1. The lowest BCUT2D eigenvalue weighted by Gasteiger charge is -2.30. The van der Waals surface area contributed by atoms with Crippen LogP contribution in [0.4, 0.5) is 4.79 Å². The standard InChI is InChI=1S/C14H27N3O4/c1-4-6-9-17(10(3)5-2)14(21)16-11(13(19)20)7-8-12(15)18/h10-11H,4-9H2,1-3H3,(H2,15,18)(H,16,21)(H,19,20)/t10?,11-/m1/s1. The van der Waals surface area contributed by atoms with Crippen molar-refractivity contribution in [1.29, 1.82) is 0 Å². The van der Waals surface area contributed by atoms with E-state index in [0.717, 1.165) is 19.3 Å². The van der Waals surface area contributed by atoms with E-state index < -0.39 is 23.9 Å². The zero-order chi connectivity index (χ0) is 16.4. The van der Waals surface area contributed by atoms with E-state index in [2.05, 4.69) is 5.32 Å². The molecule has 0 fully saturated rings. The van der Waals surface area contributed by atoms with E-state index in [0.29, 0.717) is 6.54 Å². The van der Waals surface area contributed by atoms with Gasteiger partial charge in [-0.3, -0.25) is 4.79 Å². The molecule has 0 spiro atoms. The summed E-state index contributed by atoms with van der Waals surface area (Å²) in [6.45, 7) is 6.51. The Labute approximate surface area is 125 Å². The summed E-state index contributed by atoms with van der Waals surface area (Å²) < 4.78 is 0. The van der Waals surface area contributed by atoms with E-state index >= 15 is 0 Å². The van der Waals surface area contributed by atoms with E-state index in [1.165, 1.54) is 0 Å². The number of rotatable bonds is 10. The van der Waals surface area contributed by atoms with Crippen LogP contribution in [0.1, 0.15) is 52.9 Å². The number of nitrogens with two attached hydrogens (primary N) is 1. The van der Waals surface area contributed by atoms with E-state index in [-0.39, 0.29) is 18.9 Å². The van der Waals surface area contributed by atoms with E-state index in [1.807, 2.05) is 20.8 Å². The highest BCUT2D eigenvalue weighted by molar-refractivity contribution is 5.83. The minimum Gasteiger partial charge on any atom is -0.480 e. The monoisotopic (exact) mass is 301 g/mol. The molecule has 0 aliphatic carbocycles. The summed E-state index contributed by atoms with van der Waals surface area (Å²) in [5.41, 5.74) is 5.01. The SMILES string of the molecule is CCCCN(C(=O)N[C@H](CCC(N)=O)C(=O)O)C(C)CC. The highest BCUT2D eigenvalue weighted by Crippen LogP contribution is 2.08. The number of nitrogens with zero attached hydrogens (tertiary/aromatic N) is 1. The van der Waals surface area contributed by atoms with Crippen LogP contribution in [-0.2, 0) is 9.59 Å². The highest BCUT2D eigenvalue weighted by atomic mass is 16.4. The average Bonchev–Trinajstić information content (AvgIpc) is 2.42. The minimum atomic E-state index is -1.16.